The van der Waals surface area contributed by atoms with E-state index in [1.165, 1.54) is 0 Å². The maximum Gasteiger partial charge on any atom is 0.289 e. The molecule has 0 radical (unpaired) electrons. The Morgan fingerprint density at radius 2 is 2.08 bits per heavy atom. The second kappa shape index (κ2) is 7.10. The number of nitrogens with zero attached hydrogens (tertiary/aromatic N) is 2. The second-order valence-corrected chi connectivity index (χ2v) is 5.96. The van der Waals surface area contributed by atoms with Gasteiger partial charge in [-0.15, -0.1) is 11.3 Å². The fourth-order valence-corrected chi connectivity index (χ4v) is 2.76. The lowest BCUT2D eigenvalue weighted by atomic mass is 10.1. The number of benzene rings is 1. The minimum absolute atomic E-state index is 0.335. The van der Waals surface area contributed by atoms with E-state index in [-0.39, 0.29) is 5.91 Å². The van der Waals surface area contributed by atoms with E-state index in [2.05, 4.69) is 20.7 Å². The largest absolute Gasteiger partial charge is 0.497 e. The summed E-state index contributed by atoms with van der Waals surface area (Å²) in [5.41, 5.74) is 5.22. The highest BCUT2D eigenvalue weighted by Crippen LogP contribution is 2.21. The summed E-state index contributed by atoms with van der Waals surface area (Å²) in [4.78, 5) is 13.2. The Labute approximate surface area is 143 Å². The number of carbonyl (C=O) groups excluding carboxylic acids is 1. The number of aromatic nitrogens is 2. The molecule has 0 spiro atoms. The van der Waals surface area contributed by atoms with Gasteiger partial charge in [-0.25, -0.2) is 5.43 Å². The van der Waals surface area contributed by atoms with E-state index in [4.69, 9.17) is 4.74 Å². The SMILES string of the molecule is COc1ccc(-c2cc(C(=O)N/N=C(\C)c3cccs3)[nH]n2)cc1. The number of carbonyl (C=O) groups is 1. The molecule has 0 aliphatic heterocycles. The van der Waals surface area contributed by atoms with E-state index in [1.807, 2.05) is 48.7 Å². The third-order valence-electron chi connectivity index (χ3n) is 3.41. The van der Waals surface area contributed by atoms with Crippen LogP contribution in [0, 0.1) is 0 Å². The Morgan fingerprint density at radius 1 is 1.29 bits per heavy atom. The molecule has 2 aromatic heterocycles. The summed E-state index contributed by atoms with van der Waals surface area (Å²) in [5.74, 6) is 0.434. The zero-order valence-electron chi connectivity index (χ0n) is 13.2. The number of hydrazone groups is 1. The fourth-order valence-electron chi connectivity index (χ4n) is 2.08. The number of hydrogen-bond donors (Lipinski definition) is 2. The van der Waals surface area contributed by atoms with Crippen LogP contribution in [0.1, 0.15) is 22.3 Å². The van der Waals surface area contributed by atoms with Gasteiger partial charge in [-0.2, -0.15) is 10.2 Å². The van der Waals surface area contributed by atoms with Crippen molar-refractivity contribution in [3.8, 4) is 17.0 Å². The molecule has 0 unspecified atom stereocenters. The van der Waals surface area contributed by atoms with E-state index >= 15 is 0 Å². The first-order valence-corrected chi connectivity index (χ1v) is 8.13. The van der Waals surface area contributed by atoms with Crippen molar-refractivity contribution in [2.75, 3.05) is 7.11 Å². The minimum Gasteiger partial charge on any atom is -0.497 e. The van der Waals surface area contributed by atoms with Crippen LogP contribution in [0.15, 0.2) is 52.9 Å². The van der Waals surface area contributed by atoms with E-state index in [0.717, 1.165) is 21.9 Å². The van der Waals surface area contributed by atoms with Crippen molar-refractivity contribution in [3.05, 3.63) is 58.4 Å². The zero-order chi connectivity index (χ0) is 16.9. The van der Waals surface area contributed by atoms with Gasteiger partial charge in [0.25, 0.3) is 5.91 Å². The predicted octanol–water partition coefficient (Wildman–Crippen LogP) is 3.30. The molecule has 0 fully saturated rings. The summed E-state index contributed by atoms with van der Waals surface area (Å²) in [6.07, 6.45) is 0. The highest BCUT2D eigenvalue weighted by Gasteiger charge is 2.11. The molecular formula is C17H16N4O2S. The van der Waals surface area contributed by atoms with Gasteiger partial charge in [0.15, 0.2) is 0 Å². The van der Waals surface area contributed by atoms with Crippen molar-refractivity contribution in [3.63, 3.8) is 0 Å². The first-order valence-electron chi connectivity index (χ1n) is 7.25. The molecule has 0 aliphatic rings. The molecule has 3 aromatic rings. The van der Waals surface area contributed by atoms with Crippen LogP contribution in [0.3, 0.4) is 0 Å². The van der Waals surface area contributed by atoms with Gasteiger partial charge in [-0.05, 0) is 48.7 Å². The lowest BCUT2D eigenvalue weighted by molar-refractivity contribution is 0.0950. The summed E-state index contributed by atoms with van der Waals surface area (Å²) >= 11 is 1.57. The van der Waals surface area contributed by atoms with Crippen molar-refractivity contribution >= 4 is 23.0 Å². The molecule has 122 valence electrons. The molecule has 0 aliphatic carbocycles. The molecule has 0 saturated carbocycles. The van der Waals surface area contributed by atoms with Crippen LogP contribution in [0.25, 0.3) is 11.3 Å². The van der Waals surface area contributed by atoms with Gasteiger partial charge in [0.1, 0.15) is 11.4 Å². The van der Waals surface area contributed by atoms with E-state index in [1.54, 1.807) is 24.5 Å². The van der Waals surface area contributed by atoms with Crippen LogP contribution in [0.2, 0.25) is 0 Å². The minimum atomic E-state index is -0.335. The predicted molar refractivity (Wildman–Crippen MR) is 94.6 cm³/mol. The third-order valence-corrected chi connectivity index (χ3v) is 4.39. The first-order chi connectivity index (χ1) is 11.7. The molecular weight excluding hydrogens is 324 g/mol. The van der Waals surface area contributed by atoms with Crippen LogP contribution < -0.4 is 10.2 Å². The molecule has 3 rings (SSSR count). The number of thiophene rings is 1. The standard InChI is InChI=1S/C17H16N4O2S/c1-11(16-4-3-9-24-16)18-21-17(22)15-10-14(19-20-15)12-5-7-13(23-2)8-6-12/h3-10H,1-2H3,(H,19,20)(H,21,22)/b18-11+. The number of aromatic amines is 1. The zero-order valence-corrected chi connectivity index (χ0v) is 14.1. The van der Waals surface area contributed by atoms with Crippen molar-refractivity contribution in [2.45, 2.75) is 6.92 Å². The van der Waals surface area contributed by atoms with Gasteiger partial charge in [-0.1, -0.05) is 6.07 Å². The normalized spacial score (nSPS) is 11.3. The van der Waals surface area contributed by atoms with Crippen molar-refractivity contribution < 1.29 is 9.53 Å². The highest BCUT2D eigenvalue weighted by atomic mass is 32.1. The Balaban J connectivity index is 1.70. The van der Waals surface area contributed by atoms with Gasteiger partial charge in [0, 0.05) is 10.4 Å². The maximum atomic E-state index is 12.2. The summed E-state index contributed by atoms with van der Waals surface area (Å²) in [5, 5.41) is 13.0. The first kappa shape index (κ1) is 15.9. The lowest BCUT2D eigenvalue weighted by Gasteiger charge is -2.00. The Morgan fingerprint density at radius 3 is 2.75 bits per heavy atom. The molecule has 1 aromatic carbocycles. The van der Waals surface area contributed by atoms with E-state index in [9.17, 15) is 4.79 Å². The van der Waals surface area contributed by atoms with Crippen LogP contribution >= 0.6 is 11.3 Å². The Kier molecular flexibility index (Phi) is 4.72. The van der Waals surface area contributed by atoms with Gasteiger partial charge < -0.3 is 4.74 Å². The Hall–Kier alpha value is -2.93. The van der Waals surface area contributed by atoms with Crippen LogP contribution in [0.4, 0.5) is 0 Å². The van der Waals surface area contributed by atoms with Crippen LogP contribution in [-0.2, 0) is 0 Å². The Bertz CT molecular complexity index is 851. The third kappa shape index (κ3) is 3.52. The number of hydrogen-bond acceptors (Lipinski definition) is 5. The van der Waals surface area contributed by atoms with E-state index < -0.39 is 0 Å². The molecule has 2 heterocycles. The monoisotopic (exact) mass is 340 g/mol. The van der Waals surface area contributed by atoms with Crippen molar-refractivity contribution in [2.24, 2.45) is 5.10 Å². The number of methoxy groups -OCH3 is 1. The molecule has 0 bridgehead atoms. The number of amides is 1. The average molecular weight is 340 g/mol. The van der Waals surface area contributed by atoms with Gasteiger partial charge >= 0.3 is 0 Å². The van der Waals surface area contributed by atoms with Gasteiger partial charge in [0.05, 0.1) is 18.5 Å². The number of nitrogens with one attached hydrogen (secondary N) is 2. The summed E-state index contributed by atoms with van der Waals surface area (Å²) in [6.45, 7) is 1.85. The smallest absolute Gasteiger partial charge is 0.289 e. The lowest BCUT2D eigenvalue weighted by Crippen LogP contribution is -2.19. The molecule has 0 atom stereocenters. The second-order valence-electron chi connectivity index (χ2n) is 5.01. The summed E-state index contributed by atoms with van der Waals surface area (Å²) in [7, 11) is 1.62. The van der Waals surface area contributed by atoms with Crippen molar-refractivity contribution in [1.29, 1.82) is 0 Å². The molecule has 6 nitrogen and oxygen atoms in total. The van der Waals surface area contributed by atoms with Crippen LogP contribution in [0.5, 0.6) is 5.75 Å². The average Bonchev–Trinajstić information content (AvgIpc) is 3.31. The van der Waals surface area contributed by atoms with Gasteiger partial charge in [-0.3, -0.25) is 9.89 Å². The highest BCUT2D eigenvalue weighted by molar-refractivity contribution is 7.12. The quantitative estimate of drug-likeness (QED) is 0.552. The summed E-state index contributed by atoms with van der Waals surface area (Å²) in [6, 6.07) is 13.0. The van der Waals surface area contributed by atoms with Crippen molar-refractivity contribution in [1.82, 2.24) is 15.6 Å². The molecule has 7 heteroatoms. The number of ether oxygens (including phenoxy) is 1. The number of H-pyrrole nitrogens is 1. The number of rotatable bonds is 5. The topological polar surface area (TPSA) is 79.4 Å². The van der Waals surface area contributed by atoms with Gasteiger partial charge in [0.2, 0.25) is 0 Å². The summed E-state index contributed by atoms with van der Waals surface area (Å²) < 4.78 is 5.13. The molecule has 0 saturated heterocycles. The maximum absolute atomic E-state index is 12.2. The molecule has 2 N–H and O–H groups in total. The fraction of sp³-hybridized carbons (Fsp3) is 0.118. The van der Waals surface area contributed by atoms with E-state index in [0.29, 0.717) is 11.4 Å². The van der Waals surface area contributed by atoms with Crippen LogP contribution in [-0.4, -0.2) is 28.9 Å². The molecule has 24 heavy (non-hydrogen) atoms. The molecule has 1 amide bonds.